The molecule has 0 aliphatic carbocycles. The average molecular weight is 337 g/mol. The Morgan fingerprint density at radius 3 is 2.62 bits per heavy atom. The van der Waals surface area contributed by atoms with E-state index in [2.05, 4.69) is 5.32 Å². The molecule has 2 fully saturated rings. The lowest BCUT2D eigenvalue weighted by Gasteiger charge is -2.17. The van der Waals surface area contributed by atoms with Crippen LogP contribution in [0.25, 0.3) is 0 Å². The first-order valence-electron chi connectivity index (χ1n) is 8.05. The van der Waals surface area contributed by atoms with E-state index in [4.69, 9.17) is 24.1 Å². The van der Waals surface area contributed by atoms with Crippen molar-refractivity contribution in [2.24, 2.45) is 0 Å². The molecule has 2 heterocycles. The number of rotatable bonds is 6. The van der Waals surface area contributed by atoms with Crippen LogP contribution >= 0.6 is 0 Å². The first-order chi connectivity index (χ1) is 11.5. The lowest BCUT2D eigenvalue weighted by molar-refractivity contribution is -0.147. The Labute approximate surface area is 140 Å². The van der Waals surface area contributed by atoms with Gasteiger partial charge in [-0.2, -0.15) is 0 Å². The zero-order valence-electron chi connectivity index (χ0n) is 13.8. The zero-order valence-corrected chi connectivity index (χ0v) is 13.8. The lowest BCUT2D eigenvalue weighted by Crippen LogP contribution is -2.40. The molecule has 2 saturated heterocycles. The number of nitrogens with one attached hydrogen (secondary N) is 1. The predicted octanol–water partition coefficient (Wildman–Crippen LogP) is 1.19. The number of hydrogen-bond acceptors (Lipinski definition) is 6. The van der Waals surface area contributed by atoms with Gasteiger partial charge in [0.1, 0.15) is 31.0 Å². The summed E-state index contributed by atoms with van der Waals surface area (Å²) in [7, 11) is 0. The van der Waals surface area contributed by atoms with Crippen molar-refractivity contribution in [2.75, 3.05) is 13.2 Å². The van der Waals surface area contributed by atoms with Crippen LogP contribution < -0.4 is 5.32 Å². The fourth-order valence-corrected chi connectivity index (χ4v) is 2.85. The summed E-state index contributed by atoms with van der Waals surface area (Å²) < 4.78 is 22.2. The Bertz CT molecular complexity index is 563. The first kappa shape index (κ1) is 17.2. The van der Waals surface area contributed by atoms with Gasteiger partial charge in [0, 0.05) is 6.54 Å². The smallest absolute Gasteiger partial charge is 0.407 e. The van der Waals surface area contributed by atoms with Crippen LogP contribution in [0.15, 0.2) is 30.3 Å². The zero-order chi connectivity index (χ0) is 17.2. The average Bonchev–Trinajstić information content (AvgIpc) is 3.29. The molecule has 0 saturated carbocycles. The molecule has 0 radical (unpaired) electrons. The number of benzene rings is 1. The van der Waals surface area contributed by atoms with Crippen LogP contribution in [0.3, 0.4) is 0 Å². The summed E-state index contributed by atoms with van der Waals surface area (Å²) >= 11 is 0. The number of carbonyl (C=O) groups excluding carboxylic acids is 1. The van der Waals surface area contributed by atoms with Crippen molar-refractivity contribution in [1.29, 1.82) is 0 Å². The van der Waals surface area contributed by atoms with Gasteiger partial charge in [-0.1, -0.05) is 30.3 Å². The number of epoxide rings is 1. The van der Waals surface area contributed by atoms with Crippen molar-refractivity contribution < 1.29 is 28.8 Å². The molecular formula is C17H23NO6. The van der Waals surface area contributed by atoms with E-state index in [0.717, 1.165) is 5.56 Å². The molecule has 0 bridgehead atoms. The summed E-state index contributed by atoms with van der Waals surface area (Å²) in [4.78, 5) is 11.8. The Kier molecular flexibility index (Phi) is 5.05. The van der Waals surface area contributed by atoms with Gasteiger partial charge in [-0.25, -0.2) is 4.79 Å². The molecule has 0 unspecified atom stereocenters. The highest BCUT2D eigenvalue weighted by Gasteiger charge is 2.54. The molecule has 0 aromatic heterocycles. The molecule has 4 atom stereocenters. The van der Waals surface area contributed by atoms with Crippen molar-refractivity contribution >= 4 is 6.09 Å². The first-order valence-corrected chi connectivity index (χ1v) is 8.05. The Morgan fingerprint density at radius 1 is 1.21 bits per heavy atom. The number of amides is 1. The number of carbonyl (C=O) groups is 1. The molecule has 7 heteroatoms. The summed E-state index contributed by atoms with van der Waals surface area (Å²) in [5.41, 5.74) is 0.921. The molecule has 1 aromatic carbocycles. The van der Waals surface area contributed by atoms with Crippen molar-refractivity contribution in [3.63, 3.8) is 0 Å². The van der Waals surface area contributed by atoms with Crippen LogP contribution in [0.4, 0.5) is 4.79 Å². The molecule has 7 nitrogen and oxygen atoms in total. The summed E-state index contributed by atoms with van der Waals surface area (Å²) in [5, 5.41) is 11.8. The summed E-state index contributed by atoms with van der Waals surface area (Å²) in [5.74, 6) is -0.753. The Balaban J connectivity index is 1.46. The second-order valence-corrected chi connectivity index (χ2v) is 6.40. The largest absolute Gasteiger partial charge is 0.445 e. The van der Waals surface area contributed by atoms with E-state index in [1.165, 1.54) is 0 Å². The number of hydrogen-bond donors (Lipinski definition) is 2. The van der Waals surface area contributed by atoms with Crippen molar-refractivity contribution in [3.05, 3.63) is 35.9 Å². The van der Waals surface area contributed by atoms with Crippen molar-refractivity contribution in [2.45, 2.75) is 50.7 Å². The van der Waals surface area contributed by atoms with E-state index in [1.54, 1.807) is 0 Å². The third kappa shape index (κ3) is 4.24. The van der Waals surface area contributed by atoms with Crippen LogP contribution in [0, 0.1) is 0 Å². The number of ether oxygens (including phenoxy) is 4. The molecule has 1 amide bonds. The van der Waals surface area contributed by atoms with Crippen LogP contribution in [0.1, 0.15) is 19.4 Å². The molecule has 132 valence electrons. The number of aliphatic hydroxyl groups is 1. The van der Waals surface area contributed by atoms with E-state index in [1.807, 2.05) is 44.2 Å². The highest BCUT2D eigenvalue weighted by Crippen LogP contribution is 2.38. The fraction of sp³-hybridized carbons (Fsp3) is 0.588. The van der Waals surface area contributed by atoms with Crippen molar-refractivity contribution in [1.82, 2.24) is 5.32 Å². The van der Waals surface area contributed by atoms with Gasteiger partial charge in [0.2, 0.25) is 0 Å². The van der Waals surface area contributed by atoms with Crippen LogP contribution in [-0.4, -0.2) is 54.6 Å². The monoisotopic (exact) mass is 337 g/mol. The maximum atomic E-state index is 11.8. The van der Waals surface area contributed by atoms with Crippen LogP contribution in [-0.2, 0) is 25.6 Å². The minimum Gasteiger partial charge on any atom is -0.445 e. The van der Waals surface area contributed by atoms with Gasteiger partial charge >= 0.3 is 6.09 Å². The Morgan fingerprint density at radius 2 is 1.96 bits per heavy atom. The maximum Gasteiger partial charge on any atom is 0.407 e. The van der Waals surface area contributed by atoms with Crippen molar-refractivity contribution in [3.8, 4) is 0 Å². The van der Waals surface area contributed by atoms with Gasteiger partial charge in [-0.3, -0.25) is 0 Å². The van der Waals surface area contributed by atoms with Gasteiger partial charge in [0.25, 0.3) is 0 Å². The highest BCUT2D eigenvalue weighted by molar-refractivity contribution is 5.67. The van der Waals surface area contributed by atoms with Gasteiger partial charge in [-0.15, -0.1) is 0 Å². The second kappa shape index (κ2) is 7.06. The topological polar surface area (TPSA) is 89.6 Å². The minimum absolute atomic E-state index is 0.0514. The third-order valence-electron chi connectivity index (χ3n) is 4.01. The van der Waals surface area contributed by atoms with E-state index < -0.39 is 11.9 Å². The molecule has 0 spiro atoms. The molecule has 2 aliphatic heterocycles. The Hall–Kier alpha value is -1.67. The predicted molar refractivity (Wildman–Crippen MR) is 84.2 cm³/mol. The van der Waals surface area contributed by atoms with Gasteiger partial charge in [0.05, 0.1) is 6.61 Å². The van der Waals surface area contributed by atoms with Crippen LogP contribution in [0.2, 0.25) is 0 Å². The highest BCUT2D eigenvalue weighted by atomic mass is 16.8. The molecule has 3 rings (SSSR count). The molecular weight excluding hydrogens is 314 g/mol. The lowest BCUT2D eigenvalue weighted by atomic mass is 10.1. The van der Waals surface area contributed by atoms with Gasteiger partial charge in [0.15, 0.2) is 5.79 Å². The molecule has 1 aromatic rings. The quantitative estimate of drug-likeness (QED) is 0.758. The minimum atomic E-state index is -0.753. The summed E-state index contributed by atoms with van der Waals surface area (Å²) in [6.07, 6.45) is -1.62. The van der Waals surface area contributed by atoms with E-state index >= 15 is 0 Å². The maximum absolute atomic E-state index is 11.8. The third-order valence-corrected chi connectivity index (χ3v) is 4.01. The molecule has 2 aliphatic rings. The fourth-order valence-electron chi connectivity index (χ4n) is 2.85. The van der Waals surface area contributed by atoms with Crippen LogP contribution in [0.5, 0.6) is 0 Å². The second-order valence-electron chi connectivity index (χ2n) is 6.40. The van der Waals surface area contributed by atoms with Gasteiger partial charge in [-0.05, 0) is 19.4 Å². The van der Waals surface area contributed by atoms with E-state index in [-0.39, 0.29) is 44.2 Å². The summed E-state index contributed by atoms with van der Waals surface area (Å²) in [6, 6.07) is 9.46. The molecule has 2 N–H and O–H groups in total. The van der Waals surface area contributed by atoms with Gasteiger partial charge < -0.3 is 29.4 Å². The van der Waals surface area contributed by atoms with E-state index in [9.17, 15) is 4.79 Å². The summed E-state index contributed by atoms with van der Waals surface area (Å²) in [6.45, 7) is 4.03. The van der Waals surface area contributed by atoms with E-state index in [0.29, 0.717) is 0 Å². The molecule has 24 heavy (non-hydrogen) atoms. The normalized spacial score (nSPS) is 30.8. The number of aliphatic hydroxyl groups excluding tert-OH is 1. The standard InChI is InChI=1S/C17H23NO6/c1-17(2)23-12(15(24-17)14-13(9-19)22-14)8-18-16(20)21-10-11-6-4-3-5-7-11/h3-7,12-15,19H,8-10H2,1-2H3,(H,18,20)/t12-,13-,14+,15+/m0/s1. The SMILES string of the molecule is CC1(C)O[C@@H]([C@@H]2O[C@H]2CO)[C@H](CNC(=O)OCc2ccccc2)O1. The number of alkyl carbamates (subject to hydrolysis) is 1.